The van der Waals surface area contributed by atoms with E-state index in [0.717, 1.165) is 16.7 Å². The van der Waals surface area contributed by atoms with E-state index in [-0.39, 0.29) is 18.4 Å². The second-order valence-corrected chi connectivity index (χ2v) is 7.12. The molecule has 1 amide bonds. The van der Waals surface area contributed by atoms with Gasteiger partial charge in [0, 0.05) is 23.7 Å². The zero-order valence-corrected chi connectivity index (χ0v) is 13.6. The van der Waals surface area contributed by atoms with Gasteiger partial charge in [0.15, 0.2) is 0 Å². The highest BCUT2D eigenvalue weighted by Gasteiger charge is 2.40. The molecule has 22 heavy (non-hydrogen) atoms. The molecule has 0 fully saturated rings. The van der Waals surface area contributed by atoms with E-state index in [9.17, 15) is 18.0 Å². The van der Waals surface area contributed by atoms with Crippen molar-refractivity contribution in [3.05, 3.63) is 15.8 Å². The van der Waals surface area contributed by atoms with E-state index in [1.54, 1.807) is 27.8 Å². The maximum Gasteiger partial charge on any atom is 0.420 e. The lowest BCUT2D eigenvalue weighted by Crippen LogP contribution is -2.46. The highest BCUT2D eigenvalue weighted by molar-refractivity contribution is 7.10. The minimum Gasteiger partial charge on any atom is -0.490 e. The third-order valence-corrected chi connectivity index (χ3v) is 4.18. The molecule has 2 heterocycles. The maximum atomic E-state index is 12.8. The summed E-state index contributed by atoms with van der Waals surface area (Å²) in [7, 11) is 1.56. The Balaban J connectivity index is 2.10. The van der Waals surface area contributed by atoms with Crippen LogP contribution in [0.15, 0.2) is 5.38 Å². The first-order valence-corrected chi connectivity index (χ1v) is 7.63. The SMILES string of the molecule is CN(C(=O)OC(C)(C)C)C1COc2c(C(F)(F)F)csc2C1. The molecule has 0 aliphatic carbocycles. The Morgan fingerprint density at radius 3 is 2.59 bits per heavy atom. The van der Waals surface area contributed by atoms with Gasteiger partial charge in [-0.1, -0.05) is 0 Å². The summed E-state index contributed by atoms with van der Waals surface area (Å²) in [5.74, 6) is -0.105. The second kappa shape index (κ2) is 5.64. The van der Waals surface area contributed by atoms with Crippen molar-refractivity contribution in [2.24, 2.45) is 0 Å². The number of hydrogen-bond donors (Lipinski definition) is 0. The molecule has 1 unspecified atom stereocenters. The van der Waals surface area contributed by atoms with Crippen molar-refractivity contribution in [1.82, 2.24) is 4.90 Å². The van der Waals surface area contributed by atoms with Gasteiger partial charge in [0.1, 0.15) is 23.5 Å². The summed E-state index contributed by atoms with van der Waals surface area (Å²) in [6, 6.07) is -0.345. The molecule has 0 N–H and O–H groups in total. The molecule has 2 rings (SSSR count). The van der Waals surface area contributed by atoms with Crippen LogP contribution in [0.25, 0.3) is 0 Å². The van der Waals surface area contributed by atoms with Gasteiger partial charge in [-0.15, -0.1) is 11.3 Å². The molecule has 1 aromatic heterocycles. The molecule has 8 heteroatoms. The summed E-state index contributed by atoms with van der Waals surface area (Å²) in [6.45, 7) is 5.28. The van der Waals surface area contributed by atoms with E-state index < -0.39 is 23.4 Å². The highest BCUT2D eigenvalue weighted by atomic mass is 32.1. The number of ether oxygens (including phenoxy) is 2. The largest absolute Gasteiger partial charge is 0.490 e. The van der Waals surface area contributed by atoms with Crippen molar-refractivity contribution < 1.29 is 27.4 Å². The van der Waals surface area contributed by atoms with Crippen molar-refractivity contribution >= 4 is 17.4 Å². The molecule has 0 bridgehead atoms. The number of amides is 1. The molecule has 1 aliphatic rings. The van der Waals surface area contributed by atoms with Crippen LogP contribution >= 0.6 is 11.3 Å². The molecule has 0 saturated carbocycles. The van der Waals surface area contributed by atoms with E-state index in [4.69, 9.17) is 9.47 Å². The molecular formula is C14H18F3NO3S. The van der Waals surface area contributed by atoms with Crippen molar-refractivity contribution in [2.75, 3.05) is 13.7 Å². The van der Waals surface area contributed by atoms with Crippen LogP contribution in [0.3, 0.4) is 0 Å². The van der Waals surface area contributed by atoms with Gasteiger partial charge in [0.25, 0.3) is 0 Å². The van der Waals surface area contributed by atoms with E-state index in [1.165, 1.54) is 4.90 Å². The molecule has 0 radical (unpaired) electrons. The van der Waals surface area contributed by atoms with Crippen LogP contribution in [0.2, 0.25) is 0 Å². The van der Waals surface area contributed by atoms with Gasteiger partial charge in [0.05, 0.1) is 6.04 Å². The Hall–Kier alpha value is -1.44. The van der Waals surface area contributed by atoms with Gasteiger partial charge < -0.3 is 14.4 Å². The molecule has 1 aliphatic heterocycles. The van der Waals surface area contributed by atoms with Crippen LogP contribution in [-0.4, -0.2) is 36.3 Å². The number of carbonyl (C=O) groups is 1. The topological polar surface area (TPSA) is 38.8 Å². The average molecular weight is 337 g/mol. The molecule has 124 valence electrons. The summed E-state index contributed by atoms with van der Waals surface area (Å²) in [5.41, 5.74) is -1.37. The van der Waals surface area contributed by atoms with Crippen molar-refractivity contribution in [3.8, 4) is 5.75 Å². The Labute approximate surface area is 130 Å². The van der Waals surface area contributed by atoms with Crippen LogP contribution in [-0.2, 0) is 17.3 Å². The minimum atomic E-state index is -4.42. The van der Waals surface area contributed by atoms with Crippen molar-refractivity contribution in [3.63, 3.8) is 0 Å². The number of nitrogens with zero attached hydrogens (tertiary/aromatic N) is 1. The quantitative estimate of drug-likeness (QED) is 0.779. The third kappa shape index (κ3) is 3.66. The van der Waals surface area contributed by atoms with Crippen LogP contribution in [0.4, 0.5) is 18.0 Å². The lowest BCUT2D eigenvalue weighted by molar-refractivity contribution is -0.138. The monoisotopic (exact) mass is 337 g/mol. The minimum absolute atomic E-state index is 0.0164. The number of fused-ring (bicyclic) bond motifs is 1. The van der Waals surface area contributed by atoms with Crippen molar-refractivity contribution in [1.29, 1.82) is 0 Å². The summed E-state index contributed by atoms with van der Waals surface area (Å²) >= 11 is 1.00. The summed E-state index contributed by atoms with van der Waals surface area (Å²) in [5, 5.41) is 1.06. The summed E-state index contributed by atoms with van der Waals surface area (Å²) < 4.78 is 49.0. The molecule has 0 aromatic carbocycles. The fraction of sp³-hybridized carbons (Fsp3) is 0.643. The first-order valence-electron chi connectivity index (χ1n) is 6.75. The second-order valence-electron chi connectivity index (χ2n) is 6.16. The van der Waals surface area contributed by atoms with Crippen LogP contribution in [0, 0.1) is 0 Å². The predicted molar refractivity (Wildman–Crippen MR) is 76.3 cm³/mol. The lowest BCUT2D eigenvalue weighted by Gasteiger charge is -2.33. The summed E-state index contributed by atoms with van der Waals surface area (Å²) in [4.78, 5) is 13.9. The summed E-state index contributed by atoms with van der Waals surface area (Å²) in [6.07, 6.45) is -4.61. The molecule has 0 spiro atoms. The van der Waals surface area contributed by atoms with Crippen LogP contribution in [0.1, 0.15) is 31.2 Å². The normalized spacial score (nSPS) is 18.4. The molecule has 0 saturated heterocycles. The number of rotatable bonds is 1. The molecule has 1 aromatic rings. The predicted octanol–water partition coefficient (Wildman–Crippen LogP) is 3.94. The number of halogens is 3. The van der Waals surface area contributed by atoms with Gasteiger partial charge in [-0.05, 0) is 20.8 Å². The standard InChI is InChI=1S/C14H18F3NO3S/c1-13(2,3)21-12(19)18(4)8-5-10-11(20-6-8)9(7-22-10)14(15,16)17/h7-8H,5-6H2,1-4H3. The van der Waals surface area contributed by atoms with Crippen LogP contribution in [0.5, 0.6) is 5.75 Å². The molecular weight excluding hydrogens is 319 g/mol. The number of likely N-dealkylation sites (N-methyl/N-ethyl adjacent to an activating group) is 1. The third-order valence-electron chi connectivity index (χ3n) is 3.19. The number of hydrogen-bond acceptors (Lipinski definition) is 4. The fourth-order valence-corrected chi connectivity index (χ4v) is 3.13. The Morgan fingerprint density at radius 2 is 2.05 bits per heavy atom. The fourth-order valence-electron chi connectivity index (χ4n) is 2.07. The first kappa shape index (κ1) is 16.9. The molecule has 4 nitrogen and oxygen atoms in total. The van der Waals surface area contributed by atoms with Gasteiger partial charge in [-0.2, -0.15) is 13.2 Å². The number of alkyl halides is 3. The van der Waals surface area contributed by atoms with Gasteiger partial charge >= 0.3 is 12.3 Å². The Morgan fingerprint density at radius 1 is 1.41 bits per heavy atom. The zero-order valence-electron chi connectivity index (χ0n) is 12.8. The smallest absolute Gasteiger partial charge is 0.420 e. The first-order chi connectivity index (χ1) is 9.99. The van der Waals surface area contributed by atoms with Crippen molar-refractivity contribution in [2.45, 2.75) is 45.0 Å². The van der Waals surface area contributed by atoms with Gasteiger partial charge in [-0.25, -0.2) is 4.79 Å². The maximum absolute atomic E-state index is 12.8. The molecule has 1 atom stereocenters. The Bertz CT molecular complexity index is 563. The van der Waals surface area contributed by atoms with E-state index in [2.05, 4.69) is 0 Å². The van der Waals surface area contributed by atoms with E-state index in [0.29, 0.717) is 11.3 Å². The van der Waals surface area contributed by atoms with E-state index in [1.807, 2.05) is 0 Å². The Kier molecular flexibility index (Phi) is 4.34. The van der Waals surface area contributed by atoms with Gasteiger partial charge in [0.2, 0.25) is 0 Å². The average Bonchev–Trinajstić information content (AvgIpc) is 2.78. The lowest BCUT2D eigenvalue weighted by atomic mass is 10.1. The number of thiophene rings is 1. The number of carbonyl (C=O) groups excluding carboxylic acids is 1. The van der Waals surface area contributed by atoms with E-state index >= 15 is 0 Å². The zero-order chi connectivity index (χ0) is 16.7. The highest BCUT2D eigenvalue weighted by Crippen LogP contribution is 2.44. The van der Waals surface area contributed by atoms with Gasteiger partial charge in [-0.3, -0.25) is 0 Å². The van der Waals surface area contributed by atoms with Crippen LogP contribution < -0.4 is 4.74 Å².